The molecule has 0 rings (SSSR count). The van der Waals surface area contributed by atoms with Gasteiger partial charge in [0.25, 0.3) is 0 Å². The summed E-state index contributed by atoms with van der Waals surface area (Å²) in [4.78, 5) is 4.59. The van der Waals surface area contributed by atoms with Crippen molar-refractivity contribution in [3.8, 4) is 0 Å². The Morgan fingerprint density at radius 2 is 1.91 bits per heavy atom. The van der Waals surface area contributed by atoms with Crippen LogP contribution in [0.1, 0.15) is 34.1 Å². The van der Waals surface area contributed by atoms with Crippen molar-refractivity contribution in [3.05, 3.63) is 0 Å². The third-order valence-electron chi connectivity index (χ3n) is 1.85. The van der Waals surface area contributed by atoms with E-state index in [0.29, 0.717) is 12.0 Å². The molecular formula is C9H19NS. The molecule has 2 heteroatoms. The van der Waals surface area contributed by atoms with E-state index in [1.54, 1.807) is 11.8 Å². The lowest BCUT2D eigenvalue weighted by molar-refractivity contribution is 0.532. The van der Waals surface area contributed by atoms with Crippen LogP contribution >= 0.6 is 11.8 Å². The van der Waals surface area contributed by atoms with Crippen LogP contribution in [0.2, 0.25) is 0 Å². The van der Waals surface area contributed by atoms with E-state index >= 15 is 0 Å². The van der Waals surface area contributed by atoms with Crippen molar-refractivity contribution in [1.82, 2.24) is 0 Å². The molecule has 0 amide bonds. The fourth-order valence-corrected chi connectivity index (χ4v) is 1.22. The van der Waals surface area contributed by atoms with Crippen molar-refractivity contribution < 1.29 is 0 Å². The minimum atomic E-state index is 0.470. The molecule has 66 valence electrons. The number of rotatable bonds is 3. The average Bonchev–Trinajstić information content (AvgIpc) is 1.99. The zero-order chi connectivity index (χ0) is 8.85. The predicted octanol–water partition coefficient (Wildman–Crippen LogP) is 3.20. The summed E-state index contributed by atoms with van der Waals surface area (Å²) in [6, 6.07) is 0.470. The van der Waals surface area contributed by atoms with Crippen molar-refractivity contribution in [2.24, 2.45) is 10.9 Å². The molecule has 0 aromatic carbocycles. The molecule has 0 N–H and O–H groups in total. The van der Waals surface area contributed by atoms with Crippen LogP contribution in [0, 0.1) is 5.92 Å². The van der Waals surface area contributed by atoms with E-state index in [4.69, 9.17) is 0 Å². The van der Waals surface area contributed by atoms with Gasteiger partial charge in [0.15, 0.2) is 0 Å². The van der Waals surface area contributed by atoms with E-state index in [0.717, 1.165) is 6.42 Å². The Balaban J connectivity index is 4.03. The van der Waals surface area contributed by atoms with Gasteiger partial charge in [-0.05, 0) is 25.5 Å². The molecule has 1 unspecified atom stereocenters. The SMILES string of the molecule is CC/C(=N/C(C)C(C)C)SC. The molecule has 0 heterocycles. The normalized spacial score (nSPS) is 15.6. The second-order valence-corrected chi connectivity index (χ2v) is 3.94. The molecule has 0 saturated carbocycles. The predicted molar refractivity (Wildman–Crippen MR) is 55.5 cm³/mol. The van der Waals surface area contributed by atoms with E-state index in [-0.39, 0.29) is 0 Å². The second-order valence-electron chi connectivity index (χ2n) is 3.07. The zero-order valence-corrected chi connectivity index (χ0v) is 9.03. The molecule has 0 fully saturated rings. The third kappa shape index (κ3) is 4.46. The Bertz CT molecular complexity index is 124. The summed E-state index contributed by atoms with van der Waals surface area (Å²) in [5.41, 5.74) is 0. The van der Waals surface area contributed by atoms with Crippen LogP contribution in [0.5, 0.6) is 0 Å². The number of nitrogens with zero attached hydrogens (tertiary/aromatic N) is 1. The lowest BCUT2D eigenvalue weighted by Crippen LogP contribution is -2.09. The Hall–Kier alpha value is 0.0200. The second kappa shape index (κ2) is 5.64. The molecule has 0 aromatic heterocycles. The van der Waals surface area contributed by atoms with Gasteiger partial charge in [0, 0.05) is 0 Å². The first-order valence-electron chi connectivity index (χ1n) is 4.22. The molecule has 0 bridgehead atoms. The van der Waals surface area contributed by atoms with Crippen LogP contribution < -0.4 is 0 Å². The number of thioether (sulfide) groups is 1. The van der Waals surface area contributed by atoms with Gasteiger partial charge in [-0.25, -0.2) is 0 Å². The van der Waals surface area contributed by atoms with Gasteiger partial charge in [-0.2, -0.15) is 0 Å². The number of aliphatic imine (C=N–C) groups is 1. The Morgan fingerprint density at radius 1 is 1.36 bits per heavy atom. The molecule has 11 heavy (non-hydrogen) atoms. The Morgan fingerprint density at radius 3 is 2.18 bits per heavy atom. The van der Waals surface area contributed by atoms with Crippen LogP contribution in [-0.2, 0) is 0 Å². The highest BCUT2D eigenvalue weighted by Crippen LogP contribution is 2.10. The summed E-state index contributed by atoms with van der Waals surface area (Å²) in [5, 5.41) is 1.27. The monoisotopic (exact) mass is 173 g/mol. The fourth-order valence-electron chi connectivity index (χ4n) is 0.665. The molecule has 0 aliphatic rings. The van der Waals surface area contributed by atoms with E-state index in [1.807, 2.05) is 0 Å². The van der Waals surface area contributed by atoms with Gasteiger partial charge < -0.3 is 0 Å². The highest BCUT2D eigenvalue weighted by molar-refractivity contribution is 8.13. The summed E-state index contributed by atoms with van der Waals surface area (Å²) in [6.07, 6.45) is 3.16. The minimum Gasteiger partial charge on any atom is -0.280 e. The smallest absolute Gasteiger partial charge is 0.0673 e. The zero-order valence-electron chi connectivity index (χ0n) is 8.22. The lowest BCUT2D eigenvalue weighted by Gasteiger charge is -2.11. The van der Waals surface area contributed by atoms with Crippen LogP contribution in [0.15, 0.2) is 4.99 Å². The maximum Gasteiger partial charge on any atom is 0.0673 e. The quantitative estimate of drug-likeness (QED) is 0.471. The van der Waals surface area contributed by atoms with Gasteiger partial charge in [-0.15, -0.1) is 11.8 Å². The van der Waals surface area contributed by atoms with E-state index in [1.165, 1.54) is 5.04 Å². The van der Waals surface area contributed by atoms with E-state index < -0.39 is 0 Å². The van der Waals surface area contributed by atoms with E-state index in [2.05, 4.69) is 38.9 Å². The highest BCUT2D eigenvalue weighted by atomic mass is 32.2. The van der Waals surface area contributed by atoms with Gasteiger partial charge in [0.05, 0.1) is 11.1 Å². The summed E-state index contributed by atoms with van der Waals surface area (Å²) >= 11 is 1.77. The van der Waals surface area contributed by atoms with Crippen LogP contribution in [-0.4, -0.2) is 17.3 Å². The highest BCUT2D eigenvalue weighted by Gasteiger charge is 2.05. The average molecular weight is 173 g/mol. The Labute approximate surface area is 74.7 Å². The molecule has 0 aliphatic carbocycles. The maximum absolute atomic E-state index is 4.59. The molecule has 0 aliphatic heterocycles. The van der Waals surface area contributed by atoms with Crippen molar-refractivity contribution in [1.29, 1.82) is 0 Å². The Kier molecular flexibility index (Phi) is 5.65. The number of hydrogen-bond acceptors (Lipinski definition) is 2. The molecular weight excluding hydrogens is 154 g/mol. The molecule has 0 spiro atoms. The van der Waals surface area contributed by atoms with Crippen LogP contribution in [0.3, 0.4) is 0 Å². The molecule has 0 saturated heterocycles. The summed E-state index contributed by atoms with van der Waals surface area (Å²) in [7, 11) is 0. The molecule has 0 radical (unpaired) electrons. The van der Waals surface area contributed by atoms with Crippen LogP contribution in [0.25, 0.3) is 0 Å². The lowest BCUT2D eigenvalue weighted by atomic mass is 10.1. The first-order valence-corrected chi connectivity index (χ1v) is 5.44. The van der Waals surface area contributed by atoms with Gasteiger partial charge >= 0.3 is 0 Å². The minimum absolute atomic E-state index is 0.470. The van der Waals surface area contributed by atoms with E-state index in [9.17, 15) is 0 Å². The first-order chi connectivity index (χ1) is 5.11. The largest absolute Gasteiger partial charge is 0.280 e. The summed E-state index contributed by atoms with van der Waals surface area (Å²) in [6.45, 7) is 8.75. The topological polar surface area (TPSA) is 12.4 Å². The van der Waals surface area contributed by atoms with Gasteiger partial charge in [0.2, 0.25) is 0 Å². The van der Waals surface area contributed by atoms with Crippen molar-refractivity contribution in [2.45, 2.75) is 40.2 Å². The van der Waals surface area contributed by atoms with Crippen molar-refractivity contribution in [2.75, 3.05) is 6.26 Å². The van der Waals surface area contributed by atoms with Gasteiger partial charge in [-0.3, -0.25) is 4.99 Å². The van der Waals surface area contributed by atoms with Gasteiger partial charge in [0.1, 0.15) is 0 Å². The fraction of sp³-hybridized carbons (Fsp3) is 0.889. The standard InChI is InChI=1S/C9H19NS/c1-6-9(11-5)10-8(4)7(2)3/h7-8H,6H2,1-5H3/b10-9-. The van der Waals surface area contributed by atoms with Gasteiger partial charge in [-0.1, -0.05) is 20.8 Å². The molecule has 1 atom stereocenters. The third-order valence-corrected chi connectivity index (χ3v) is 2.72. The molecule has 0 aromatic rings. The summed E-state index contributed by atoms with van der Waals surface area (Å²) in [5.74, 6) is 0.656. The number of hydrogen-bond donors (Lipinski definition) is 0. The van der Waals surface area contributed by atoms with Crippen molar-refractivity contribution in [3.63, 3.8) is 0 Å². The maximum atomic E-state index is 4.59. The summed E-state index contributed by atoms with van der Waals surface area (Å²) < 4.78 is 0. The first kappa shape index (κ1) is 11.0. The van der Waals surface area contributed by atoms with Crippen LogP contribution in [0.4, 0.5) is 0 Å². The van der Waals surface area contributed by atoms with Crippen molar-refractivity contribution >= 4 is 16.8 Å². The molecule has 1 nitrogen and oxygen atoms in total.